The fourth-order valence-electron chi connectivity index (χ4n) is 2.16. The van der Waals surface area contributed by atoms with E-state index in [1.165, 1.54) is 19.3 Å². The van der Waals surface area contributed by atoms with Gasteiger partial charge in [0.15, 0.2) is 0 Å². The Bertz CT molecular complexity index is 321. The van der Waals surface area contributed by atoms with Gasteiger partial charge in [0.05, 0.1) is 6.61 Å². The van der Waals surface area contributed by atoms with Crippen LogP contribution in [0.25, 0.3) is 0 Å². The fourth-order valence-corrected chi connectivity index (χ4v) is 2.16. The zero-order valence-corrected chi connectivity index (χ0v) is 9.58. The fraction of sp³-hybridized carbons (Fsp3) is 0.538. The van der Waals surface area contributed by atoms with Gasteiger partial charge in [0.1, 0.15) is 0 Å². The third-order valence-corrected chi connectivity index (χ3v) is 3.14. The van der Waals surface area contributed by atoms with Gasteiger partial charge in [-0.3, -0.25) is 0 Å². The maximum Gasteiger partial charge on any atom is 0.0701 e. The molecule has 0 amide bonds. The summed E-state index contributed by atoms with van der Waals surface area (Å²) in [6.07, 6.45) is 3.86. The summed E-state index contributed by atoms with van der Waals surface area (Å²) in [5.41, 5.74) is 2.02. The molecule has 2 rings (SSSR count). The van der Waals surface area contributed by atoms with Crippen LogP contribution in [0.2, 0.25) is 0 Å². The molecule has 0 bridgehead atoms. The van der Waals surface area contributed by atoms with Crippen LogP contribution in [-0.4, -0.2) is 24.2 Å². The van der Waals surface area contributed by atoms with E-state index < -0.39 is 0 Å². The van der Waals surface area contributed by atoms with E-state index in [0.717, 1.165) is 24.3 Å². The molecule has 16 heavy (non-hydrogen) atoms. The predicted molar refractivity (Wildman–Crippen MR) is 66.5 cm³/mol. The van der Waals surface area contributed by atoms with Crippen molar-refractivity contribution >= 4 is 5.69 Å². The number of benzene rings is 1. The molecule has 0 aliphatic carbocycles. The maximum absolute atomic E-state index is 9.20. The lowest BCUT2D eigenvalue weighted by Crippen LogP contribution is -2.39. The topological polar surface area (TPSA) is 44.3 Å². The molecule has 1 aromatic rings. The molecule has 3 heteroatoms. The summed E-state index contributed by atoms with van der Waals surface area (Å²) in [6, 6.07) is 8.50. The third kappa shape index (κ3) is 2.97. The summed E-state index contributed by atoms with van der Waals surface area (Å²) in [6.45, 7) is 2.17. The number of aliphatic hydroxyl groups is 1. The van der Waals surface area contributed by atoms with Crippen LogP contribution in [0.4, 0.5) is 5.69 Å². The minimum atomic E-state index is 0.0985. The zero-order chi connectivity index (χ0) is 11.2. The van der Waals surface area contributed by atoms with Crippen molar-refractivity contribution in [3.05, 3.63) is 29.8 Å². The first-order valence-corrected chi connectivity index (χ1v) is 6.06. The van der Waals surface area contributed by atoms with Gasteiger partial charge in [-0.2, -0.15) is 0 Å². The van der Waals surface area contributed by atoms with Crippen LogP contribution in [0.15, 0.2) is 24.3 Å². The molecule has 1 saturated heterocycles. The molecule has 0 saturated carbocycles. The SMILES string of the molecule is OCc1ccccc1NCC1CCCCN1. The van der Waals surface area contributed by atoms with Crippen molar-refractivity contribution in [2.24, 2.45) is 0 Å². The van der Waals surface area contributed by atoms with Gasteiger partial charge in [-0.05, 0) is 25.5 Å². The van der Waals surface area contributed by atoms with Gasteiger partial charge in [-0.1, -0.05) is 24.6 Å². The number of anilines is 1. The predicted octanol–water partition coefficient (Wildman–Crippen LogP) is 1.73. The molecule has 3 N–H and O–H groups in total. The summed E-state index contributed by atoms with van der Waals surface area (Å²) in [5.74, 6) is 0. The average Bonchev–Trinajstić information content (AvgIpc) is 2.38. The molecule has 1 heterocycles. The molecule has 88 valence electrons. The van der Waals surface area contributed by atoms with Crippen molar-refractivity contribution < 1.29 is 5.11 Å². The van der Waals surface area contributed by atoms with Crippen molar-refractivity contribution in [2.45, 2.75) is 31.9 Å². The zero-order valence-electron chi connectivity index (χ0n) is 9.58. The third-order valence-electron chi connectivity index (χ3n) is 3.14. The summed E-state index contributed by atoms with van der Waals surface area (Å²) < 4.78 is 0. The Morgan fingerprint density at radius 1 is 1.31 bits per heavy atom. The molecule has 1 unspecified atom stereocenters. The highest BCUT2D eigenvalue weighted by Gasteiger charge is 2.12. The molecule has 0 spiro atoms. The monoisotopic (exact) mass is 220 g/mol. The lowest BCUT2D eigenvalue weighted by molar-refractivity contribution is 0.282. The van der Waals surface area contributed by atoms with E-state index in [1.54, 1.807) is 0 Å². The molecule has 1 aliphatic rings. The van der Waals surface area contributed by atoms with Gasteiger partial charge < -0.3 is 15.7 Å². The van der Waals surface area contributed by atoms with Gasteiger partial charge >= 0.3 is 0 Å². The van der Waals surface area contributed by atoms with Crippen LogP contribution < -0.4 is 10.6 Å². The van der Waals surface area contributed by atoms with Gasteiger partial charge in [-0.15, -0.1) is 0 Å². The molecule has 0 radical (unpaired) electrons. The first-order chi connectivity index (χ1) is 7.90. The molecule has 3 nitrogen and oxygen atoms in total. The molecule has 1 aliphatic heterocycles. The Labute approximate surface area is 96.9 Å². The van der Waals surface area contributed by atoms with Crippen LogP contribution in [0, 0.1) is 0 Å². The summed E-state index contributed by atoms with van der Waals surface area (Å²) >= 11 is 0. The molecule has 0 aromatic heterocycles. The minimum absolute atomic E-state index is 0.0985. The van der Waals surface area contributed by atoms with E-state index in [4.69, 9.17) is 0 Å². The van der Waals surface area contributed by atoms with Crippen molar-refractivity contribution in [1.82, 2.24) is 5.32 Å². The Morgan fingerprint density at radius 3 is 2.94 bits per heavy atom. The van der Waals surface area contributed by atoms with Gasteiger partial charge in [0.2, 0.25) is 0 Å². The second-order valence-electron chi connectivity index (χ2n) is 4.34. The summed E-state index contributed by atoms with van der Waals surface area (Å²) in [5, 5.41) is 16.1. The quantitative estimate of drug-likeness (QED) is 0.724. The van der Waals surface area contributed by atoms with Crippen LogP contribution in [-0.2, 0) is 6.61 Å². The Balaban J connectivity index is 1.88. The summed E-state index contributed by atoms with van der Waals surface area (Å²) in [7, 11) is 0. The highest BCUT2D eigenvalue weighted by Crippen LogP contribution is 2.15. The van der Waals surface area contributed by atoms with E-state index in [-0.39, 0.29) is 6.61 Å². The number of piperidine rings is 1. The Kier molecular flexibility index (Phi) is 4.19. The standard InChI is InChI=1S/C13H20N2O/c16-10-11-5-1-2-7-13(11)15-9-12-6-3-4-8-14-12/h1-2,5,7,12,14-16H,3-4,6,8-10H2. The van der Waals surface area contributed by atoms with Crippen molar-refractivity contribution in [3.8, 4) is 0 Å². The molecular weight excluding hydrogens is 200 g/mol. The number of hydrogen-bond acceptors (Lipinski definition) is 3. The number of hydrogen-bond donors (Lipinski definition) is 3. The van der Waals surface area contributed by atoms with Gasteiger partial charge in [0, 0.05) is 23.8 Å². The van der Waals surface area contributed by atoms with Gasteiger partial charge in [-0.25, -0.2) is 0 Å². The highest BCUT2D eigenvalue weighted by molar-refractivity contribution is 5.50. The normalized spacial score (nSPS) is 20.7. The second kappa shape index (κ2) is 5.87. The lowest BCUT2D eigenvalue weighted by Gasteiger charge is -2.24. The van der Waals surface area contributed by atoms with E-state index in [9.17, 15) is 5.11 Å². The second-order valence-corrected chi connectivity index (χ2v) is 4.34. The number of rotatable bonds is 4. The van der Waals surface area contributed by atoms with Gasteiger partial charge in [0.25, 0.3) is 0 Å². The van der Waals surface area contributed by atoms with E-state index in [0.29, 0.717) is 6.04 Å². The van der Waals surface area contributed by atoms with Crippen molar-refractivity contribution in [3.63, 3.8) is 0 Å². The minimum Gasteiger partial charge on any atom is -0.392 e. The smallest absolute Gasteiger partial charge is 0.0701 e. The average molecular weight is 220 g/mol. The number of nitrogens with one attached hydrogen (secondary N) is 2. The number of aliphatic hydroxyl groups excluding tert-OH is 1. The molecular formula is C13H20N2O. The number of para-hydroxylation sites is 1. The molecule has 1 aromatic carbocycles. The van der Waals surface area contributed by atoms with Crippen LogP contribution >= 0.6 is 0 Å². The highest BCUT2D eigenvalue weighted by atomic mass is 16.3. The van der Waals surface area contributed by atoms with Crippen molar-refractivity contribution in [2.75, 3.05) is 18.4 Å². The van der Waals surface area contributed by atoms with E-state index in [2.05, 4.69) is 10.6 Å². The van der Waals surface area contributed by atoms with E-state index in [1.807, 2.05) is 24.3 Å². The summed E-state index contributed by atoms with van der Waals surface area (Å²) in [4.78, 5) is 0. The largest absolute Gasteiger partial charge is 0.392 e. The first-order valence-electron chi connectivity index (χ1n) is 6.06. The Hall–Kier alpha value is -1.06. The molecule has 1 fully saturated rings. The molecule has 1 atom stereocenters. The van der Waals surface area contributed by atoms with Crippen molar-refractivity contribution in [1.29, 1.82) is 0 Å². The van der Waals surface area contributed by atoms with Crippen LogP contribution in [0.5, 0.6) is 0 Å². The lowest BCUT2D eigenvalue weighted by atomic mass is 10.0. The Morgan fingerprint density at radius 2 is 2.19 bits per heavy atom. The maximum atomic E-state index is 9.20. The van der Waals surface area contributed by atoms with E-state index >= 15 is 0 Å². The van der Waals surface area contributed by atoms with Crippen LogP contribution in [0.1, 0.15) is 24.8 Å². The first kappa shape index (κ1) is 11.4. The van der Waals surface area contributed by atoms with Crippen LogP contribution in [0.3, 0.4) is 0 Å².